The fraction of sp³-hybridized carbons (Fsp3) is 0.545. The predicted molar refractivity (Wildman–Crippen MR) is 66.4 cm³/mol. The minimum atomic E-state index is 0.0445. The molecule has 0 saturated heterocycles. The van der Waals surface area contributed by atoms with E-state index >= 15 is 0 Å². The highest BCUT2D eigenvalue weighted by Crippen LogP contribution is 2.37. The third-order valence-electron chi connectivity index (χ3n) is 2.79. The van der Waals surface area contributed by atoms with Crippen molar-refractivity contribution >= 4 is 21.8 Å². The Balaban J connectivity index is 2.21. The van der Waals surface area contributed by atoms with Crippen LogP contribution in [-0.2, 0) is 0 Å². The van der Waals surface area contributed by atoms with Gasteiger partial charge in [0.15, 0.2) is 0 Å². The van der Waals surface area contributed by atoms with Gasteiger partial charge in [0.1, 0.15) is 5.69 Å². The van der Waals surface area contributed by atoms with E-state index in [2.05, 4.69) is 20.5 Å². The van der Waals surface area contributed by atoms with Gasteiger partial charge >= 0.3 is 0 Å². The van der Waals surface area contributed by atoms with Crippen LogP contribution >= 0.6 is 15.9 Å². The highest BCUT2D eigenvalue weighted by molar-refractivity contribution is 9.10. The summed E-state index contributed by atoms with van der Waals surface area (Å²) >= 11 is 3.42. The number of carbonyl (C=O) groups is 1. The topological polar surface area (TPSA) is 51.3 Å². The Morgan fingerprint density at radius 1 is 1.69 bits per heavy atom. The van der Waals surface area contributed by atoms with Gasteiger partial charge in [0.2, 0.25) is 0 Å². The second kappa shape index (κ2) is 4.59. The van der Waals surface area contributed by atoms with Gasteiger partial charge in [0, 0.05) is 36.8 Å². The first kappa shape index (κ1) is 11.7. The highest BCUT2D eigenvalue weighted by Gasteiger charge is 2.28. The molecule has 0 aliphatic heterocycles. The molecule has 5 heteroatoms. The Morgan fingerprint density at radius 3 is 2.94 bits per heavy atom. The largest absolute Gasteiger partial charge is 0.339 e. The van der Waals surface area contributed by atoms with E-state index in [1.54, 1.807) is 11.9 Å². The minimum Gasteiger partial charge on any atom is -0.339 e. The molecular formula is C11H16BrN3O. The first-order chi connectivity index (χ1) is 7.63. The molecule has 2 rings (SSSR count). The number of hydrogen-bond donors (Lipinski definition) is 1. The van der Waals surface area contributed by atoms with Crippen LogP contribution in [0, 0.1) is 0 Å². The molecule has 4 nitrogen and oxygen atoms in total. The van der Waals surface area contributed by atoms with Crippen molar-refractivity contribution < 1.29 is 4.79 Å². The molecule has 2 N–H and O–H groups in total. The van der Waals surface area contributed by atoms with Crippen LogP contribution in [0.5, 0.6) is 0 Å². The molecule has 16 heavy (non-hydrogen) atoms. The van der Waals surface area contributed by atoms with Gasteiger partial charge < -0.3 is 15.2 Å². The van der Waals surface area contributed by atoms with Crippen LogP contribution in [0.25, 0.3) is 0 Å². The van der Waals surface area contributed by atoms with Crippen LogP contribution in [0.15, 0.2) is 16.7 Å². The van der Waals surface area contributed by atoms with E-state index in [9.17, 15) is 4.79 Å². The van der Waals surface area contributed by atoms with Crippen molar-refractivity contribution in [2.45, 2.75) is 18.9 Å². The summed E-state index contributed by atoms with van der Waals surface area (Å²) in [7, 11) is 1.79. The molecule has 1 amide bonds. The van der Waals surface area contributed by atoms with Crippen molar-refractivity contribution in [2.75, 3.05) is 20.1 Å². The molecule has 0 aromatic carbocycles. The molecule has 1 heterocycles. The standard InChI is InChI=1S/C11H16BrN3O/c1-14(5-4-13)11(16)10-6-8(12)7-15(10)9-2-3-9/h6-7,9H,2-5,13H2,1H3. The Hall–Kier alpha value is -0.810. The quantitative estimate of drug-likeness (QED) is 0.914. The van der Waals surface area contributed by atoms with Gasteiger partial charge in [0.25, 0.3) is 5.91 Å². The van der Waals surface area contributed by atoms with Crippen molar-refractivity contribution in [2.24, 2.45) is 5.73 Å². The third-order valence-corrected chi connectivity index (χ3v) is 3.22. The molecule has 0 bridgehead atoms. The number of aromatic nitrogens is 1. The van der Waals surface area contributed by atoms with E-state index in [4.69, 9.17) is 5.73 Å². The number of likely N-dealkylation sites (N-methyl/N-ethyl adjacent to an activating group) is 1. The van der Waals surface area contributed by atoms with E-state index in [1.165, 1.54) is 12.8 Å². The molecule has 1 aliphatic rings. The zero-order valence-corrected chi connectivity index (χ0v) is 10.9. The van der Waals surface area contributed by atoms with Crippen molar-refractivity contribution in [1.82, 2.24) is 9.47 Å². The van der Waals surface area contributed by atoms with Crippen LogP contribution in [0.4, 0.5) is 0 Å². The molecule has 1 fully saturated rings. The number of nitrogens with two attached hydrogens (primary N) is 1. The summed E-state index contributed by atoms with van der Waals surface area (Å²) in [6.07, 6.45) is 4.32. The van der Waals surface area contributed by atoms with Gasteiger partial charge in [-0.2, -0.15) is 0 Å². The highest BCUT2D eigenvalue weighted by atomic mass is 79.9. The average molecular weight is 286 g/mol. The lowest BCUT2D eigenvalue weighted by atomic mass is 10.3. The molecule has 0 unspecified atom stereocenters. The maximum atomic E-state index is 12.1. The number of halogens is 1. The van der Waals surface area contributed by atoms with Crippen LogP contribution in [0.3, 0.4) is 0 Å². The second-order valence-corrected chi connectivity index (χ2v) is 5.11. The molecule has 1 saturated carbocycles. The summed E-state index contributed by atoms with van der Waals surface area (Å²) in [4.78, 5) is 13.8. The minimum absolute atomic E-state index is 0.0445. The molecule has 0 radical (unpaired) electrons. The summed E-state index contributed by atoms with van der Waals surface area (Å²) in [5, 5.41) is 0. The maximum Gasteiger partial charge on any atom is 0.270 e. The van der Waals surface area contributed by atoms with Crippen molar-refractivity contribution in [1.29, 1.82) is 0 Å². The van der Waals surface area contributed by atoms with E-state index in [0.717, 1.165) is 10.2 Å². The first-order valence-corrected chi connectivity index (χ1v) is 6.25. The lowest BCUT2D eigenvalue weighted by molar-refractivity contribution is 0.0788. The summed E-state index contributed by atoms with van der Waals surface area (Å²) in [5.41, 5.74) is 6.21. The zero-order chi connectivity index (χ0) is 11.7. The lowest BCUT2D eigenvalue weighted by Gasteiger charge is -2.17. The van der Waals surface area contributed by atoms with Crippen molar-refractivity contribution in [3.05, 3.63) is 22.4 Å². The molecule has 1 aliphatic carbocycles. The fourth-order valence-corrected chi connectivity index (χ4v) is 2.20. The molecule has 0 atom stereocenters. The SMILES string of the molecule is CN(CCN)C(=O)c1cc(Br)cn1C1CC1. The lowest BCUT2D eigenvalue weighted by Crippen LogP contribution is -2.32. The Kier molecular flexibility index (Phi) is 3.35. The van der Waals surface area contributed by atoms with Gasteiger partial charge in [0.05, 0.1) is 0 Å². The molecule has 1 aromatic rings. The summed E-state index contributed by atoms with van der Waals surface area (Å²) in [6.45, 7) is 1.08. The van der Waals surface area contributed by atoms with Crippen LogP contribution in [0.2, 0.25) is 0 Å². The van der Waals surface area contributed by atoms with Gasteiger partial charge in [-0.25, -0.2) is 0 Å². The fourth-order valence-electron chi connectivity index (χ4n) is 1.76. The Labute approximate surface area is 104 Å². The van der Waals surface area contributed by atoms with E-state index in [0.29, 0.717) is 19.1 Å². The molecule has 1 aromatic heterocycles. The maximum absolute atomic E-state index is 12.1. The van der Waals surface area contributed by atoms with Gasteiger partial charge in [-0.15, -0.1) is 0 Å². The van der Waals surface area contributed by atoms with Gasteiger partial charge in [-0.05, 0) is 34.8 Å². The van der Waals surface area contributed by atoms with Crippen LogP contribution in [-0.4, -0.2) is 35.5 Å². The zero-order valence-electron chi connectivity index (χ0n) is 9.32. The Morgan fingerprint density at radius 2 is 2.38 bits per heavy atom. The van der Waals surface area contributed by atoms with E-state index in [-0.39, 0.29) is 5.91 Å². The number of carbonyl (C=O) groups excluding carboxylic acids is 1. The number of hydrogen-bond acceptors (Lipinski definition) is 2. The molecule has 0 spiro atoms. The smallest absolute Gasteiger partial charge is 0.270 e. The number of amides is 1. The van der Waals surface area contributed by atoms with Crippen LogP contribution in [0.1, 0.15) is 29.4 Å². The summed E-state index contributed by atoms with van der Waals surface area (Å²) < 4.78 is 3.03. The summed E-state index contributed by atoms with van der Waals surface area (Å²) in [6, 6.07) is 2.39. The first-order valence-electron chi connectivity index (χ1n) is 5.46. The van der Waals surface area contributed by atoms with E-state index in [1.807, 2.05) is 12.3 Å². The van der Waals surface area contributed by atoms with Crippen LogP contribution < -0.4 is 5.73 Å². The summed E-state index contributed by atoms with van der Waals surface area (Å²) in [5.74, 6) is 0.0445. The third kappa shape index (κ3) is 2.30. The predicted octanol–water partition coefficient (Wildman–Crippen LogP) is 1.62. The Bertz CT molecular complexity index is 398. The van der Waals surface area contributed by atoms with Crippen molar-refractivity contribution in [3.63, 3.8) is 0 Å². The number of rotatable bonds is 4. The molecule has 88 valence electrons. The van der Waals surface area contributed by atoms with Crippen molar-refractivity contribution in [3.8, 4) is 0 Å². The monoisotopic (exact) mass is 285 g/mol. The average Bonchev–Trinajstić information content (AvgIpc) is 3.01. The van der Waals surface area contributed by atoms with Gasteiger partial charge in [-0.3, -0.25) is 4.79 Å². The normalized spacial score (nSPS) is 15.2. The second-order valence-electron chi connectivity index (χ2n) is 4.20. The van der Waals surface area contributed by atoms with Gasteiger partial charge in [-0.1, -0.05) is 0 Å². The molecular weight excluding hydrogens is 270 g/mol. The number of nitrogens with zero attached hydrogens (tertiary/aromatic N) is 2. The van der Waals surface area contributed by atoms with E-state index < -0.39 is 0 Å².